The van der Waals surface area contributed by atoms with Crippen molar-refractivity contribution in [2.45, 2.75) is 53.1 Å². The zero-order valence-corrected chi connectivity index (χ0v) is 14.1. The molecule has 0 bridgehead atoms. The van der Waals surface area contributed by atoms with E-state index >= 15 is 0 Å². The first-order valence-corrected chi connectivity index (χ1v) is 7.75. The third-order valence-electron chi connectivity index (χ3n) is 3.66. The minimum atomic E-state index is 0.424. The van der Waals surface area contributed by atoms with Crippen molar-refractivity contribution in [1.82, 2.24) is 15.1 Å². The van der Waals surface area contributed by atoms with E-state index in [0.717, 1.165) is 6.54 Å². The molecule has 1 aromatic carbocycles. The molecule has 1 heterocycles. The van der Waals surface area contributed by atoms with Crippen LogP contribution in [0.1, 0.15) is 50.4 Å². The van der Waals surface area contributed by atoms with Crippen LogP contribution in [0, 0.1) is 6.92 Å². The van der Waals surface area contributed by atoms with Crippen LogP contribution in [0.15, 0.2) is 24.4 Å². The number of benzene rings is 1. The molecule has 3 heteroatoms. The summed E-state index contributed by atoms with van der Waals surface area (Å²) in [7, 11) is 2.00. The van der Waals surface area contributed by atoms with Crippen LogP contribution in [0.4, 0.5) is 0 Å². The van der Waals surface area contributed by atoms with Gasteiger partial charge in [-0.15, -0.1) is 0 Å². The molecule has 2 aromatic rings. The molecular weight excluding hydrogens is 258 g/mol. The Morgan fingerprint density at radius 3 is 2.48 bits per heavy atom. The van der Waals surface area contributed by atoms with Crippen molar-refractivity contribution in [2.75, 3.05) is 0 Å². The molecule has 0 spiro atoms. The molecule has 0 saturated heterocycles. The summed E-state index contributed by atoms with van der Waals surface area (Å²) in [6.07, 6.45) is 2.14. The predicted molar refractivity (Wildman–Crippen MR) is 89.4 cm³/mol. The molecule has 0 amide bonds. The van der Waals surface area contributed by atoms with Crippen LogP contribution in [0.2, 0.25) is 0 Å². The molecule has 1 N–H and O–H groups in total. The third kappa shape index (κ3) is 3.73. The lowest BCUT2D eigenvalue weighted by Crippen LogP contribution is -2.22. The van der Waals surface area contributed by atoms with Crippen LogP contribution in [0.25, 0.3) is 11.1 Å². The van der Waals surface area contributed by atoms with Crippen LogP contribution < -0.4 is 5.32 Å². The van der Waals surface area contributed by atoms with E-state index in [1.54, 1.807) is 0 Å². The molecule has 0 unspecified atom stereocenters. The molecule has 0 saturated carbocycles. The summed E-state index contributed by atoms with van der Waals surface area (Å²) < 4.78 is 1.92. The number of aryl methyl sites for hydroxylation is 2. The van der Waals surface area contributed by atoms with Gasteiger partial charge in [-0.2, -0.15) is 5.10 Å². The topological polar surface area (TPSA) is 29.9 Å². The van der Waals surface area contributed by atoms with Gasteiger partial charge in [0.2, 0.25) is 0 Å². The van der Waals surface area contributed by atoms with Crippen molar-refractivity contribution in [1.29, 1.82) is 0 Å². The Balaban J connectivity index is 2.49. The van der Waals surface area contributed by atoms with Gasteiger partial charge in [0, 0.05) is 31.4 Å². The Hall–Kier alpha value is -1.61. The molecule has 2 rings (SSSR count). The van der Waals surface area contributed by atoms with Gasteiger partial charge < -0.3 is 5.32 Å². The molecule has 0 aliphatic heterocycles. The van der Waals surface area contributed by atoms with Crippen molar-refractivity contribution >= 4 is 0 Å². The van der Waals surface area contributed by atoms with E-state index in [9.17, 15) is 0 Å². The first-order valence-electron chi connectivity index (χ1n) is 7.75. The maximum Gasteiger partial charge on any atom is 0.0728 e. The first-order chi connectivity index (χ1) is 9.88. The number of nitrogens with one attached hydrogen (secondary N) is 1. The first kappa shape index (κ1) is 15.8. The highest BCUT2D eigenvalue weighted by atomic mass is 15.3. The van der Waals surface area contributed by atoms with Gasteiger partial charge in [0.25, 0.3) is 0 Å². The normalized spacial score (nSPS) is 11.6. The molecule has 0 radical (unpaired) electrons. The standard InChI is InChI=1S/C18H27N3/c1-12(2)18-17(11-21(6)20-18)16-9-14(5)7-8-15(16)10-19-13(3)4/h7-9,11-13,19H,10H2,1-6H3. The smallest absolute Gasteiger partial charge is 0.0728 e. The molecule has 21 heavy (non-hydrogen) atoms. The fourth-order valence-corrected chi connectivity index (χ4v) is 2.55. The summed E-state index contributed by atoms with van der Waals surface area (Å²) in [6.45, 7) is 11.8. The second kappa shape index (κ2) is 6.44. The largest absolute Gasteiger partial charge is 0.310 e. The van der Waals surface area contributed by atoms with Crippen LogP contribution >= 0.6 is 0 Å². The quantitative estimate of drug-likeness (QED) is 0.899. The lowest BCUT2D eigenvalue weighted by atomic mass is 9.94. The Morgan fingerprint density at radius 1 is 1.14 bits per heavy atom. The van der Waals surface area contributed by atoms with E-state index in [2.05, 4.69) is 69.4 Å². The van der Waals surface area contributed by atoms with E-state index in [1.807, 2.05) is 11.7 Å². The monoisotopic (exact) mass is 285 g/mol. The van der Waals surface area contributed by atoms with E-state index < -0.39 is 0 Å². The Bertz CT molecular complexity index is 609. The predicted octanol–water partition coefficient (Wildman–Crippen LogP) is 4.02. The molecule has 0 aliphatic rings. The van der Waals surface area contributed by atoms with Crippen molar-refractivity contribution in [3.05, 3.63) is 41.2 Å². The lowest BCUT2D eigenvalue weighted by Gasteiger charge is -2.14. The maximum absolute atomic E-state index is 4.65. The summed E-state index contributed by atoms with van der Waals surface area (Å²) in [5.74, 6) is 0.424. The number of aromatic nitrogens is 2. The average Bonchev–Trinajstić information content (AvgIpc) is 2.79. The summed E-state index contributed by atoms with van der Waals surface area (Å²) in [6, 6.07) is 7.18. The maximum atomic E-state index is 4.65. The molecule has 114 valence electrons. The van der Waals surface area contributed by atoms with Crippen LogP contribution in [0.5, 0.6) is 0 Å². The van der Waals surface area contributed by atoms with Gasteiger partial charge in [0.05, 0.1) is 5.69 Å². The number of rotatable bonds is 5. The highest BCUT2D eigenvalue weighted by molar-refractivity contribution is 5.70. The summed E-state index contributed by atoms with van der Waals surface area (Å²) >= 11 is 0. The Kier molecular flexibility index (Phi) is 4.84. The fraction of sp³-hybridized carbons (Fsp3) is 0.500. The molecular formula is C18H27N3. The van der Waals surface area contributed by atoms with Crippen molar-refractivity contribution in [2.24, 2.45) is 7.05 Å². The highest BCUT2D eigenvalue weighted by Crippen LogP contribution is 2.31. The zero-order chi connectivity index (χ0) is 15.6. The lowest BCUT2D eigenvalue weighted by molar-refractivity contribution is 0.589. The molecule has 1 aromatic heterocycles. The number of hydrogen-bond acceptors (Lipinski definition) is 2. The van der Waals surface area contributed by atoms with Gasteiger partial charge in [-0.05, 0) is 24.0 Å². The molecule has 0 aliphatic carbocycles. The molecule has 0 fully saturated rings. The van der Waals surface area contributed by atoms with Gasteiger partial charge in [0.1, 0.15) is 0 Å². The summed E-state index contributed by atoms with van der Waals surface area (Å²) in [4.78, 5) is 0. The summed E-state index contributed by atoms with van der Waals surface area (Å²) in [5.41, 5.74) is 6.37. The SMILES string of the molecule is Cc1ccc(CNC(C)C)c(-c2cn(C)nc2C(C)C)c1. The van der Waals surface area contributed by atoms with E-state index in [4.69, 9.17) is 0 Å². The Morgan fingerprint density at radius 2 is 1.86 bits per heavy atom. The third-order valence-corrected chi connectivity index (χ3v) is 3.66. The van der Waals surface area contributed by atoms with E-state index in [1.165, 1.54) is 27.9 Å². The van der Waals surface area contributed by atoms with Crippen molar-refractivity contribution in [3.63, 3.8) is 0 Å². The van der Waals surface area contributed by atoms with Gasteiger partial charge in [0.15, 0.2) is 0 Å². The van der Waals surface area contributed by atoms with Crippen LogP contribution in [-0.2, 0) is 13.6 Å². The van der Waals surface area contributed by atoms with E-state index in [0.29, 0.717) is 12.0 Å². The van der Waals surface area contributed by atoms with Crippen LogP contribution in [0.3, 0.4) is 0 Å². The van der Waals surface area contributed by atoms with Gasteiger partial charge in [-0.1, -0.05) is 51.5 Å². The van der Waals surface area contributed by atoms with E-state index in [-0.39, 0.29) is 0 Å². The van der Waals surface area contributed by atoms with Gasteiger partial charge in [-0.25, -0.2) is 0 Å². The van der Waals surface area contributed by atoms with Gasteiger partial charge in [-0.3, -0.25) is 4.68 Å². The molecule has 3 nitrogen and oxygen atoms in total. The van der Waals surface area contributed by atoms with Crippen molar-refractivity contribution in [3.8, 4) is 11.1 Å². The minimum absolute atomic E-state index is 0.424. The number of nitrogens with zero attached hydrogens (tertiary/aromatic N) is 2. The zero-order valence-electron chi connectivity index (χ0n) is 14.1. The Labute approximate surface area is 128 Å². The second-order valence-corrected chi connectivity index (χ2v) is 6.45. The van der Waals surface area contributed by atoms with Gasteiger partial charge >= 0.3 is 0 Å². The number of hydrogen-bond donors (Lipinski definition) is 1. The van der Waals surface area contributed by atoms with Crippen LogP contribution in [-0.4, -0.2) is 15.8 Å². The fourth-order valence-electron chi connectivity index (χ4n) is 2.55. The summed E-state index contributed by atoms with van der Waals surface area (Å²) in [5, 5.41) is 8.17. The average molecular weight is 285 g/mol. The highest BCUT2D eigenvalue weighted by Gasteiger charge is 2.16. The van der Waals surface area contributed by atoms with Crippen molar-refractivity contribution < 1.29 is 0 Å². The second-order valence-electron chi connectivity index (χ2n) is 6.45. The molecule has 0 atom stereocenters. The minimum Gasteiger partial charge on any atom is -0.310 e.